The van der Waals surface area contributed by atoms with Crippen LogP contribution in [0.1, 0.15) is 42.9 Å². The Morgan fingerprint density at radius 2 is 1.94 bits per heavy atom. The van der Waals surface area contributed by atoms with E-state index < -0.39 is 0 Å². The van der Waals surface area contributed by atoms with Crippen molar-refractivity contribution in [3.05, 3.63) is 52.0 Å². The van der Waals surface area contributed by atoms with E-state index in [0.717, 1.165) is 11.4 Å². The van der Waals surface area contributed by atoms with Gasteiger partial charge in [-0.2, -0.15) is 0 Å². The summed E-state index contributed by atoms with van der Waals surface area (Å²) in [4.78, 5) is 4.44. The molecule has 96 valence electrons. The topological polar surface area (TPSA) is 24.9 Å². The molecule has 2 aromatic rings. The van der Waals surface area contributed by atoms with E-state index in [1.54, 1.807) is 11.3 Å². The first kappa shape index (κ1) is 13.2. The average Bonchev–Trinajstić information content (AvgIpc) is 2.89. The van der Waals surface area contributed by atoms with Gasteiger partial charge in [-0.1, -0.05) is 31.2 Å². The van der Waals surface area contributed by atoms with Crippen molar-refractivity contribution >= 4 is 11.3 Å². The summed E-state index contributed by atoms with van der Waals surface area (Å²) in [5, 5.41) is 6.75. The van der Waals surface area contributed by atoms with Crippen molar-refractivity contribution in [2.75, 3.05) is 0 Å². The number of aromatic nitrogens is 1. The molecule has 0 amide bonds. The molecule has 0 fully saturated rings. The van der Waals surface area contributed by atoms with Crippen molar-refractivity contribution in [3.63, 3.8) is 0 Å². The lowest BCUT2D eigenvalue weighted by atomic mass is 10.0. The first-order chi connectivity index (χ1) is 8.70. The van der Waals surface area contributed by atoms with Crippen LogP contribution in [0.15, 0.2) is 35.8 Å². The Kier molecular flexibility index (Phi) is 4.50. The molecule has 3 heteroatoms. The number of hydrogen-bond donors (Lipinski definition) is 1. The fourth-order valence-electron chi connectivity index (χ4n) is 1.97. The van der Waals surface area contributed by atoms with E-state index in [2.05, 4.69) is 55.3 Å². The third-order valence-electron chi connectivity index (χ3n) is 2.92. The summed E-state index contributed by atoms with van der Waals surface area (Å²) in [7, 11) is 0. The normalized spacial score (nSPS) is 12.9. The standard InChI is InChI=1S/C15H20N2S/c1-4-12-5-7-13(8-6-12)14(17-11(2)3)15-16-9-10-18-15/h5-11,14,17H,4H2,1-3H3. The second-order valence-electron chi connectivity index (χ2n) is 4.72. The van der Waals surface area contributed by atoms with Gasteiger partial charge in [0.15, 0.2) is 0 Å². The molecule has 1 unspecified atom stereocenters. The number of nitrogens with one attached hydrogen (secondary N) is 1. The highest BCUT2D eigenvalue weighted by atomic mass is 32.1. The third-order valence-corrected chi connectivity index (χ3v) is 3.76. The van der Waals surface area contributed by atoms with E-state index in [1.165, 1.54) is 11.1 Å². The molecular weight excluding hydrogens is 240 g/mol. The predicted octanol–water partition coefficient (Wildman–Crippen LogP) is 3.79. The second-order valence-corrected chi connectivity index (χ2v) is 5.65. The zero-order chi connectivity index (χ0) is 13.0. The Morgan fingerprint density at radius 3 is 2.44 bits per heavy atom. The number of hydrogen-bond acceptors (Lipinski definition) is 3. The van der Waals surface area contributed by atoms with Crippen molar-refractivity contribution < 1.29 is 0 Å². The van der Waals surface area contributed by atoms with Crippen LogP contribution in [0.4, 0.5) is 0 Å². The molecule has 0 saturated carbocycles. The van der Waals surface area contributed by atoms with Gasteiger partial charge in [0.25, 0.3) is 0 Å². The van der Waals surface area contributed by atoms with Gasteiger partial charge >= 0.3 is 0 Å². The Hall–Kier alpha value is -1.19. The average molecular weight is 260 g/mol. The second kappa shape index (κ2) is 6.12. The van der Waals surface area contributed by atoms with Gasteiger partial charge in [-0.25, -0.2) is 4.98 Å². The Labute approximate surface area is 113 Å². The maximum absolute atomic E-state index is 4.44. The monoisotopic (exact) mass is 260 g/mol. The van der Waals surface area contributed by atoms with E-state index in [-0.39, 0.29) is 6.04 Å². The fraction of sp³-hybridized carbons (Fsp3) is 0.400. The molecule has 1 N–H and O–H groups in total. The van der Waals surface area contributed by atoms with Crippen molar-refractivity contribution in [2.24, 2.45) is 0 Å². The van der Waals surface area contributed by atoms with Crippen molar-refractivity contribution in [2.45, 2.75) is 39.3 Å². The summed E-state index contributed by atoms with van der Waals surface area (Å²) in [6.45, 7) is 6.52. The molecule has 0 radical (unpaired) electrons. The first-order valence-electron chi connectivity index (χ1n) is 6.45. The van der Waals surface area contributed by atoms with E-state index in [9.17, 15) is 0 Å². The molecule has 1 heterocycles. The zero-order valence-corrected chi connectivity index (χ0v) is 12.0. The Morgan fingerprint density at radius 1 is 1.22 bits per heavy atom. The number of thiazole rings is 1. The highest BCUT2D eigenvalue weighted by Crippen LogP contribution is 2.24. The van der Waals surface area contributed by atoms with Gasteiger partial charge in [0.2, 0.25) is 0 Å². The highest BCUT2D eigenvalue weighted by Gasteiger charge is 2.17. The minimum Gasteiger partial charge on any atom is -0.302 e. The summed E-state index contributed by atoms with van der Waals surface area (Å²) < 4.78 is 0. The van der Waals surface area contributed by atoms with E-state index in [0.29, 0.717) is 6.04 Å². The highest BCUT2D eigenvalue weighted by molar-refractivity contribution is 7.09. The zero-order valence-electron chi connectivity index (χ0n) is 11.2. The summed E-state index contributed by atoms with van der Waals surface area (Å²) in [6, 6.07) is 9.47. The predicted molar refractivity (Wildman–Crippen MR) is 78.0 cm³/mol. The minimum absolute atomic E-state index is 0.205. The SMILES string of the molecule is CCc1ccc(C(NC(C)C)c2nccs2)cc1. The van der Waals surface area contributed by atoms with E-state index >= 15 is 0 Å². The summed E-state index contributed by atoms with van der Waals surface area (Å²) in [6.07, 6.45) is 2.95. The van der Waals surface area contributed by atoms with Crippen molar-refractivity contribution in [1.29, 1.82) is 0 Å². The van der Waals surface area contributed by atoms with Crippen LogP contribution in [0.2, 0.25) is 0 Å². The van der Waals surface area contributed by atoms with E-state index in [1.807, 2.05) is 11.6 Å². The van der Waals surface area contributed by atoms with Gasteiger partial charge in [-0.05, 0) is 31.4 Å². The van der Waals surface area contributed by atoms with Crippen molar-refractivity contribution in [1.82, 2.24) is 10.3 Å². The van der Waals surface area contributed by atoms with Gasteiger partial charge in [-0.15, -0.1) is 11.3 Å². The summed E-state index contributed by atoms with van der Waals surface area (Å²) in [5.74, 6) is 0. The number of rotatable bonds is 5. The summed E-state index contributed by atoms with van der Waals surface area (Å²) in [5.41, 5.74) is 2.66. The fourth-order valence-corrected chi connectivity index (χ4v) is 2.69. The molecule has 2 rings (SSSR count). The van der Waals surface area contributed by atoms with Crippen LogP contribution in [0, 0.1) is 0 Å². The van der Waals surface area contributed by atoms with Crippen LogP contribution in [0.25, 0.3) is 0 Å². The van der Waals surface area contributed by atoms with Gasteiger partial charge in [0.05, 0.1) is 6.04 Å². The lowest BCUT2D eigenvalue weighted by Crippen LogP contribution is -2.28. The molecule has 0 bridgehead atoms. The van der Waals surface area contributed by atoms with Gasteiger partial charge < -0.3 is 5.32 Å². The Bertz CT molecular complexity index is 460. The Balaban J connectivity index is 2.27. The van der Waals surface area contributed by atoms with E-state index in [4.69, 9.17) is 0 Å². The van der Waals surface area contributed by atoms with Crippen LogP contribution in [0.5, 0.6) is 0 Å². The molecule has 0 aliphatic carbocycles. The van der Waals surface area contributed by atoms with Crippen molar-refractivity contribution in [3.8, 4) is 0 Å². The smallest absolute Gasteiger partial charge is 0.114 e. The first-order valence-corrected chi connectivity index (χ1v) is 7.33. The molecule has 0 aliphatic heterocycles. The molecule has 2 nitrogen and oxygen atoms in total. The van der Waals surface area contributed by atoms with Crippen LogP contribution in [0.3, 0.4) is 0 Å². The number of benzene rings is 1. The van der Waals surface area contributed by atoms with Crippen LogP contribution in [-0.4, -0.2) is 11.0 Å². The lowest BCUT2D eigenvalue weighted by molar-refractivity contribution is 0.527. The summed E-state index contributed by atoms with van der Waals surface area (Å²) >= 11 is 1.70. The maximum Gasteiger partial charge on any atom is 0.114 e. The van der Waals surface area contributed by atoms with Gasteiger partial charge in [0, 0.05) is 17.6 Å². The molecule has 0 saturated heterocycles. The molecule has 0 aliphatic rings. The van der Waals surface area contributed by atoms with Crippen LogP contribution >= 0.6 is 11.3 Å². The third kappa shape index (κ3) is 3.18. The van der Waals surface area contributed by atoms with Gasteiger partial charge in [0.1, 0.15) is 5.01 Å². The maximum atomic E-state index is 4.44. The number of nitrogens with zero attached hydrogens (tertiary/aromatic N) is 1. The minimum atomic E-state index is 0.205. The number of aryl methyl sites for hydroxylation is 1. The lowest BCUT2D eigenvalue weighted by Gasteiger charge is -2.20. The van der Waals surface area contributed by atoms with Crippen LogP contribution < -0.4 is 5.32 Å². The molecule has 0 spiro atoms. The largest absolute Gasteiger partial charge is 0.302 e. The molecular formula is C15H20N2S. The quantitative estimate of drug-likeness (QED) is 0.884. The molecule has 1 aromatic heterocycles. The van der Waals surface area contributed by atoms with Crippen LogP contribution in [-0.2, 0) is 6.42 Å². The molecule has 18 heavy (non-hydrogen) atoms. The molecule has 1 atom stereocenters. The van der Waals surface area contributed by atoms with Gasteiger partial charge in [-0.3, -0.25) is 0 Å². The molecule has 1 aromatic carbocycles.